The second kappa shape index (κ2) is 9.40. The van der Waals surface area contributed by atoms with Gasteiger partial charge in [0.25, 0.3) is 5.91 Å². The minimum absolute atomic E-state index is 0.0345. The van der Waals surface area contributed by atoms with E-state index in [9.17, 15) is 18.0 Å². The van der Waals surface area contributed by atoms with Gasteiger partial charge in [-0.05, 0) is 30.3 Å². The van der Waals surface area contributed by atoms with E-state index in [2.05, 4.69) is 9.88 Å². The zero-order valence-corrected chi connectivity index (χ0v) is 20.3. The number of ether oxygens (including phenoxy) is 1. The van der Waals surface area contributed by atoms with E-state index in [1.54, 1.807) is 28.8 Å². The lowest BCUT2D eigenvalue weighted by atomic mass is 10.1. The lowest BCUT2D eigenvalue weighted by molar-refractivity contribution is 0.0730. The minimum atomic E-state index is -3.77. The average Bonchev–Trinajstić information content (AvgIpc) is 2.91. The molecule has 0 unspecified atom stereocenters. The van der Waals surface area contributed by atoms with E-state index in [4.69, 9.17) is 4.74 Å². The summed E-state index contributed by atoms with van der Waals surface area (Å²) in [6.07, 6.45) is 3.27. The number of amides is 1. The van der Waals surface area contributed by atoms with Crippen molar-refractivity contribution in [1.82, 2.24) is 18.8 Å². The number of fused-ring (bicyclic) bond motifs is 1. The molecular weight excluding hydrogens is 470 g/mol. The van der Waals surface area contributed by atoms with E-state index in [1.165, 1.54) is 22.6 Å². The van der Waals surface area contributed by atoms with Crippen LogP contribution in [0.2, 0.25) is 0 Å². The monoisotopic (exact) mass is 497 g/mol. The molecule has 10 nitrogen and oxygen atoms in total. The molecule has 2 saturated heterocycles. The highest BCUT2D eigenvalue weighted by Crippen LogP contribution is 2.22. The molecule has 1 amide bonds. The van der Waals surface area contributed by atoms with Crippen molar-refractivity contribution in [2.75, 3.05) is 57.4 Å². The molecule has 3 aromatic rings. The predicted molar refractivity (Wildman–Crippen MR) is 131 cm³/mol. The van der Waals surface area contributed by atoms with Crippen LogP contribution >= 0.6 is 0 Å². The highest BCUT2D eigenvalue weighted by Gasteiger charge is 2.28. The number of morpholine rings is 1. The van der Waals surface area contributed by atoms with Crippen molar-refractivity contribution in [2.24, 2.45) is 7.05 Å². The summed E-state index contributed by atoms with van der Waals surface area (Å²) in [5, 5.41) is 0.208. The number of sulfonamides is 1. The molecule has 11 heteroatoms. The summed E-state index contributed by atoms with van der Waals surface area (Å²) in [5.41, 5.74) is 0.133. The van der Waals surface area contributed by atoms with Gasteiger partial charge in [0, 0.05) is 64.1 Å². The number of benzene rings is 1. The maximum atomic E-state index is 13.4. The minimum Gasteiger partial charge on any atom is -0.379 e. The lowest BCUT2D eigenvalue weighted by Crippen LogP contribution is -2.49. The molecule has 2 fully saturated rings. The Labute approximate surface area is 203 Å². The third kappa shape index (κ3) is 4.42. The van der Waals surface area contributed by atoms with Crippen molar-refractivity contribution >= 4 is 32.7 Å². The quantitative estimate of drug-likeness (QED) is 0.528. The Morgan fingerprint density at radius 1 is 1.00 bits per heavy atom. The molecule has 0 bridgehead atoms. The van der Waals surface area contributed by atoms with Crippen LogP contribution in [0.4, 0.5) is 5.82 Å². The van der Waals surface area contributed by atoms with Crippen molar-refractivity contribution in [1.29, 1.82) is 0 Å². The number of carbonyl (C=O) groups excluding carboxylic acids is 1. The van der Waals surface area contributed by atoms with Crippen molar-refractivity contribution in [3.63, 3.8) is 0 Å². The van der Waals surface area contributed by atoms with Crippen LogP contribution in [-0.2, 0) is 21.8 Å². The molecule has 1 aromatic carbocycles. The van der Waals surface area contributed by atoms with E-state index in [0.29, 0.717) is 44.9 Å². The number of anilines is 1. The van der Waals surface area contributed by atoms with Gasteiger partial charge in [0.1, 0.15) is 11.4 Å². The molecule has 0 spiro atoms. The number of aromatic nitrogens is 2. The zero-order chi connectivity index (χ0) is 24.6. The van der Waals surface area contributed by atoms with Crippen LogP contribution in [0, 0.1) is 0 Å². The van der Waals surface area contributed by atoms with E-state index in [1.807, 2.05) is 18.2 Å². The van der Waals surface area contributed by atoms with E-state index >= 15 is 0 Å². The van der Waals surface area contributed by atoms with Gasteiger partial charge in [-0.15, -0.1) is 0 Å². The Morgan fingerprint density at radius 2 is 1.74 bits per heavy atom. The van der Waals surface area contributed by atoms with Crippen LogP contribution in [0.3, 0.4) is 0 Å². The molecule has 0 radical (unpaired) electrons. The summed E-state index contributed by atoms with van der Waals surface area (Å²) >= 11 is 0. The van der Waals surface area contributed by atoms with Gasteiger partial charge in [0.05, 0.1) is 23.6 Å². The third-order valence-electron chi connectivity index (χ3n) is 6.54. The highest BCUT2D eigenvalue weighted by molar-refractivity contribution is 7.89. The number of hydrogen-bond donors (Lipinski definition) is 0. The van der Waals surface area contributed by atoms with E-state index < -0.39 is 15.5 Å². The molecule has 184 valence electrons. The van der Waals surface area contributed by atoms with Gasteiger partial charge in [0.15, 0.2) is 0 Å². The zero-order valence-electron chi connectivity index (χ0n) is 19.5. The fourth-order valence-electron chi connectivity index (χ4n) is 4.57. The molecule has 0 N–H and O–H groups in total. The SMILES string of the molecule is Cn1cc(C(=O)N2CCN(c3ccccn3)CC2)c(=O)c2cc(S(=O)(=O)N3CCOCC3)ccc21. The van der Waals surface area contributed by atoms with Crippen molar-refractivity contribution < 1.29 is 17.9 Å². The largest absolute Gasteiger partial charge is 0.379 e. The summed E-state index contributed by atoms with van der Waals surface area (Å²) in [5.74, 6) is 0.504. The molecule has 5 rings (SSSR count). The molecule has 2 aromatic heterocycles. The summed E-state index contributed by atoms with van der Waals surface area (Å²) in [6.45, 7) is 3.34. The maximum absolute atomic E-state index is 13.4. The van der Waals surface area contributed by atoms with Gasteiger partial charge in [-0.1, -0.05) is 6.07 Å². The van der Waals surface area contributed by atoms with Gasteiger partial charge >= 0.3 is 0 Å². The van der Waals surface area contributed by atoms with Gasteiger partial charge in [-0.3, -0.25) is 9.59 Å². The van der Waals surface area contributed by atoms with Gasteiger partial charge in [-0.25, -0.2) is 13.4 Å². The van der Waals surface area contributed by atoms with Gasteiger partial charge in [-0.2, -0.15) is 4.31 Å². The average molecular weight is 498 g/mol. The van der Waals surface area contributed by atoms with Crippen molar-refractivity contribution in [3.05, 3.63) is 64.6 Å². The van der Waals surface area contributed by atoms with Crippen LogP contribution in [0.5, 0.6) is 0 Å². The van der Waals surface area contributed by atoms with Gasteiger partial charge in [0.2, 0.25) is 15.5 Å². The first-order chi connectivity index (χ1) is 16.9. The van der Waals surface area contributed by atoms with Crippen molar-refractivity contribution in [2.45, 2.75) is 4.90 Å². The summed E-state index contributed by atoms with van der Waals surface area (Å²) in [4.78, 5) is 34.9. The molecule has 0 atom stereocenters. The normalized spacial score (nSPS) is 17.6. The maximum Gasteiger partial charge on any atom is 0.259 e. The molecule has 2 aliphatic heterocycles. The van der Waals surface area contributed by atoms with Crippen LogP contribution in [0.15, 0.2) is 58.5 Å². The number of hydrogen-bond acceptors (Lipinski definition) is 7. The van der Waals surface area contributed by atoms with Crippen LogP contribution < -0.4 is 10.3 Å². The predicted octanol–water partition coefficient (Wildman–Crippen LogP) is 0.917. The number of pyridine rings is 2. The summed E-state index contributed by atoms with van der Waals surface area (Å²) < 4.78 is 34.5. The van der Waals surface area contributed by atoms with Crippen LogP contribution in [-0.4, -0.2) is 85.6 Å². The molecule has 0 saturated carbocycles. The molecule has 0 aliphatic carbocycles. The molecule has 35 heavy (non-hydrogen) atoms. The number of rotatable bonds is 4. The number of nitrogens with zero attached hydrogens (tertiary/aromatic N) is 5. The Kier molecular flexibility index (Phi) is 6.30. The second-order valence-corrected chi connectivity index (χ2v) is 10.6. The summed E-state index contributed by atoms with van der Waals surface area (Å²) in [7, 11) is -2.03. The fraction of sp³-hybridized carbons (Fsp3) is 0.375. The molecular formula is C24H27N5O5S. The topological polar surface area (TPSA) is 105 Å². The molecule has 2 aliphatic rings. The van der Waals surface area contributed by atoms with E-state index in [0.717, 1.165) is 5.82 Å². The fourth-order valence-corrected chi connectivity index (χ4v) is 6.00. The summed E-state index contributed by atoms with van der Waals surface area (Å²) in [6, 6.07) is 10.2. The number of piperazine rings is 1. The number of aryl methyl sites for hydroxylation is 1. The third-order valence-corrected chi connectivity index (χ3v) is 8.43. The van der Waals surface area contributed by atoms with Crippen molar-refractivity contribution in [3.8, 4) is 0 Å². The lowest BCUT2D eigenvalue weighted by Gasteiger charge is -2.35. The first kappa shape index (κ1) is 23.5. The molecule has 4 heterocycles. The smallest absolute Gasteiger partial charge is 0.259 e. The van der Waals surface area contributed by atoms with E-state index in [-0.39, 0.29) is 34.8 Å². The Bertz CT molecular complexity index is 1410. The standard InChI is InChI=1S/C24H27N5O5S/c1-26-17-20(24(31)28-10-8-27(9-11-28)22-4-2-3-7-25-22)23(30)19-16-18(5-6-21(19)26)35(32,33)29-12-14-34-15-13-29/h2-7,16-17H,8-15H2,1H3. The Hall–Kier alpha value is -3.28. The Balaban J connectivity index is 1.43. The second-order valence-electron chi connectivity index (χ2n) is 8.65. The highest BCUT2D eigenvalue weighted by atomic mass is 32.2. The van der Waals surface area contributed by atoms with Crippen LogP contribution in [0.25, 0.3) is 10.9 Å². The first-order valence-corrected chi connectivity index (χ1v) is 13.0. The first-order valence-electron chi connectivity index (χ1n) is 11.5. The Morgan fingerprint density at radius 3 is 2.43 bits per heavy atom. The van der Waals surface area contributed by atoms with Gasteiger partial charge < -0.3 is 19.1 Å². The van der Waals surface area contributed by atoms with Crippen LogP contribution in [0.1, 0.15) is 10.4 Å². The number of carbonyl (C=O) groups is 1.